The molecule has 33 heavy (non-hydrogen) atoms. The van der Waals surface area contributed by atoms with Crippen LogP contribution in [0, 0.1) is 0 Å². The number of unbranched alkanes of at least 4 members (excludes halogenated alkanes) is 1. The van der Waals surface area contributed by atoms with Gasteiger partial charge in [-0.15, -0.1) is 6.58 Å². The summed E-state index contributed by atoms with van der Waals surface area (Å²) in [4.78, 5) is 18.5. The van der Waals surface area contributed by atoms with Crippen molar-refractivity contribution >= 4 is 16.8 Å². The smallest absolute Gasteiger partial charge is 0.227 e. The molecule has 1 aromatic heterocycles. The lowest BCUT2D eigenvalue weighted by Crippen LogP contribution is -2.40. The van der Waals surface area contributed by atoms with Crippen LogP contribution >= 0.6 is 0 Å². The molecule has 1 aliphatic rings. The van der Waals surface area contributed by atoms with Gasteiger partial charge in [0.25, 0.3) is 0 Å². The van der Waals surface area contributed by atoms with Crippen LogP contribution in [0.15, 0.2) is 61.2 Å². The number of aliphatic hydroxyl groups is 1. The van der Waals surface area contributed by atoms with Gasteiger partial charge in [0.1, 0.15) is 5.75 Å². The Hall–Kier alpha value is -3.09. The Morgan fingerprint density at radius 2 is 2.00 bits per heavy atom. The monoisotopic (exact) mass is 447 g/mol. The number of hydrogen-bond acceptors (Lipinski definition) is 4. The molecule has 0 bridgehead atoms. The van der Waals surface area contributed by atoms with E-state index in [-0.39, 0.29) is 18.6 Å². The Bertz CT molecular complexity index is 1070. The molecule has 1 atom stereocenters. The van der Waals surface area contributed by atoms with Gasteiger partial charge in [0.15, 0.2) is 0 Å². The van der Waals surface area contributed by atoms with Crippen molar-refractivity contribution in [3.8, 4) is 5.75 Å². The Morgan fingerprint density at radius 3 is 2.79 bits per heavy atom. The summed E-state index contributed by atoms with van der Waals surface area (Å²) in [6.07, 6.45) is 4.80. The molecule has 2 aromatic carbocycles. The number of benzene rings is 2. The molecule has 0 saturated carbocycles. The lowest BCUT2D eigenvalue weighted by Gasteiger charge is -2.36. The zero-order valence-corrected chi connectivity index (χ0v) is 19.1. The fraction of sp³-hybridized carbons (Fsp3) is 0.370. The Morgan fingerprint density at radius 1 is 1.18 bits per heavy atom. The molecular formula is C27H33N3O3. The highest BCUT2D eigenvalue weighted by Gasteiger charge is 2.33. The molecule has 6 nitrogen and oxygen atoms in total. The summed E-state index contributed by atoms with van der Waals surface area (Å²) < 4.78 is 5.91. The Balaban J connectivity index is 1.51. The lowest BCUT2D eigenvalue weighted by atomic mass is 9.92. The summed E-state index contributed by atoms with van der Waals surface area (Å²) in [5.41, 5.74) is 4.58. The molecule has 1 amide bonds. The number of aromatic amines is 1. The third-order valence-corrected chi connectivity index (χ3v) is 6.17. The van der Waals surface area contributed by atoms with E-state index in [0.29, 0.717) is 26.1 Å². The number of para-hydroxylation sites is 1. The number of carbonyl (C=O) groups excluding carboxylic acids is 1. The largest absolute Gasteiger partial charge is 0.494 e. The van der Waals surface area contributed by atoms with Crippen LogP contribution in [0.4, 0.5) is 0 Å². The second kappa shape index (κ2) is 11.2. The van der Waals surface area contributed by atoms with E-state index in [2.05, 4.69) is 47.2 Å². The average Bonchev–Trinajstić information content (AvgIpc) is 3.22. The third-order valence-electron chi connectivity index (χ3n) is 6.17. The molecule has 174 valence electrons. The van der Waals surface area contributed by atoms with Crippen molar-refractivity contribution in [2.24, 2.45) is 0 Å². The number of H-pyrrole nitrogens is 1. The average molecular weight is 448 g/mol. The second-order valence-corrected chi connectivity index (χ2v) is 8.39. The first kappa shape index (κ1) is 23.1. The molecule has 1 aliphatic heterocycles. The third kappa shape index (κ3) is 5.29. The minimum absolute atomic E-state index is 0.0921. The number of amides is 1. The Labute approximate surface area is 195 Å². The predicted molar refractivity (Wildman–Crippen MR) is 131 cm³/mol. The van der Waals surface area contributed by atoms with Crippen LogP contribution in [0.1, 0.15) is 42.1 Å². The van der Waals surface area contributed by atoms with E-state index in [4.69, 9.17) is 9.84 Å². The SMILES string of the molecule is C=CCC(=O)N1CCc2c([nH]c3ccccc23)C1c1ccc(OCCCCNCCO)cc1. The first-order valence-electron chi connectivity index (χ1n) is 11.8. The van der Waals surface area contributed by atoms with Gasteiger partial charge in [0.2, 0.25) is 5.91 Å². The molecule has 0 fully saturated rings. The van der Waals surface area contributed by atoms with Gasteiger partial charge in [0.05, 0.1) is 19.3 Å². The summed E-state index contributed by atoms with van der Waals surface area (Å²) in [5.74, 6) is 0.924. The summed E-state index contributed by atoms with van der Waals surface area (Å²) in [6, 6.07) is 16.3. The number of ether oxygens (including phenoxy) is 1. The van der Waals surface area contributed by atoms with Crippen molar-refractivity contribution in [2.75, 3.05) is 32.8 Å². The maximum atomic E-state index is 12.9. The van der Waals surface area contributed by atoms with E-state index in [9.17, 15) is 4.79 Å². The fourth-order valence-corrected chi connectivity index (χ4v) is 4.59. The highest BCUT2D eigenvalue weighted by Crippen LogP contribution is 2.39. The predicted octanol–water partition coefficient (Wildman–Crippen LogP) is 3.96. The van der Waals surface area contributed by atoms with Gasteiger partial charge in [-0.05, 0) is 55.1 Å². The van der Waals surface area contributed by atoms with Gasteiger partial charge in [-0.25, -0.2) is 0 Å². The molecule has 2 heterocycles. The maximum Gasteiger partial charge on any atom is 0.227 e. The minimum Gasteiger partial charge on any atom is -0.494 e. The standard InChI is InChI=1S/C27H33N3O3/c1-2-7-25(32)30-17-14-23-22-8-3-4-9-24(22)29-26(23)27(30)20-10-12-21(13-11-20)33-19-6-5-15-28-16-18-31/h2-4,8-13,27-29,31H,1,5-7,14-19H2. The van der Waals surface area contributed by atoms with Gasteiger partial charge in [-0.2, -0.15) is 0 Å². The van der Waals surface area contributed by atoms with Crippen LogP contribution in [0.25, 0.3) is 10.9 Å². The number of rotatable bonds is 11. The maximum absolute atomic E-state index is 12.9. The van der Waals surface area contributed by atoms with E-state index in [1.54, 1.807) is 6.08 Å². The molecule has 4 rings (SSSR count). The highest BCUT2D eigenvalue weighted by atomic mass is 16.5. The minimum atomic E-state index is -0.153. The molecule has 0 spiro atoms. The topological polar surface area (TPSA) is 77.6 Å². The lowest BCUT2D eigenvalue weighted by molar-refractivity contribution is -0.132. The molecule has 0 aliphatic carbocycles. The first-order chi connectivity index (χ1) is 16.2. The van der Waals surface area contributed by atoms with Gasteiger partial charge < -0.3 is 25.0 Å². The number of hydrogen-bond donors (Lipinski definition) is 3. The molecule has 1 unspecified atom stereocenters. The van der Waals surface area contributed by atoms with Crippen LogP contribution in [0.5, 0.6) is 5.75 Å². The fourth-order valence-electron chi connectivity index (χ4n) is 4.59. The van der Waals surface area contributed by atoms with Crippen LogP contribution < -0.4 is 10.1 Å². The number of carbonyl (C=O) groups is 1. The zero-order chi connectivity index (χ0) is 23.0. The normalized spacial score (nSPS) is 15.4. The van der Waals surface area contributed by atoms with E-state index >= 15 is 0 Å². The van der Waals surface area contributed by atoms with Gasteiger partial charge in [-0.3, -0.25) is 4.79 Å². The number of aromatic nitrogens is 1. The summed E-state index contributed by atoms with van der Waals surface area (Å²) in [7, 11) is 0. The van der Waals surface area contributed by atoms with Crippen molar-refractivity contribution in [3.63, 3.8) is 0 Å². The van der Waals surface area contributed by atoms with E-state index in [0.717, 1.165) is 48.3 Å². The van der Waals surface area contributed by atoms with Crippen molar-refractivity contribution in [3.05, 3.63) is 78.0 Å². The molecule has 0 radical (unpaired) electrons. The van der Waals surface area contributed by atoms with Crippen LogP contribution in [0.3, 0.4) is 0 Å². The van der Waals surface area contributed by atoms with Crippen molar-refractivity contribution in [2.45, 2.75) is 31.7 Å². The first-order valence-corrected chi connectivity index (χ1v) is 11.8. The number of aliphatic hydroxyl groups excluding tert-OH is 1. The van der Waals surface area contributed by atoms with Crippen LogP contribution in [0.2, 0.25) is 0 Å². The summed E-state index contributed by atoms with van der Waals surface area (Å²) in [5, 5.41) is 13.2. The number of nitrogens with zero attached hydrogens (tertiary/aromatic N) is 1. The van der Waals surface area contributed by atoms with Gasteiger partial charge in [0, 0.05) is 36.1 Å². The van der Waals surface area contributed by atoms with E-state index < -0.39 is 0 Å². The molecular weight excluding hydrogens is 414 g/mol. The molecule has 3 N–H and O–H groups in total. The molecule has 0 saturated heterocycles. The van der Waals surface area contributed by atoms with Gasteiger partial charge >= 0.3 is 0 Å². The van der Waals surface area contributed by atoms with Crippen molar-refractivity contribution < 1.29 is 14.6 Å². The second-order valence-electron chi connectivity index (χ2n) is 8.39. The van der Waals surface area contributed by atoms with Crippen molar-refractivity contribution in [1.82, 2.24) is 15.2 Å². The van der Waals surface area contributed by atoms with Crippen molar-refractivity contribution in [1.29, 1.82) is 0 Å². The zero-order valence-electron chi connectivity index (χ0n) is 19.1. The summed E-state index contributed by atoms with van der Waals surface area (Å²) >= 11 is 0. The number of nitrogens with one attached hydrogen (secondary N) is 2. The van der Waals surface area contributed by atoms with Gasteiger partial charge in [-0.1, -0.05) is 36.4 Å². The Kier molecular flexibility index (Phi) is 7.81. The quantitative estimate of drug-likeness (QED) is 0.307. The molecule has 3 aromatic rings. The molecule has 6 heteroatoms. The highest BCUT2D eigenvalue weighted by molar-refractivity contribution is 5.86. The number of fused-ring (bicyclic) bond motifs is 3. The summed E-state index contributed by atoms with van der Waals surface area (Å²) in [6.45, 7) is 6.78. The van der Waals surface area contributed by atoms with E-state index in [1.165, 1.54) is 10.9 Å². The van der Waals surface area contributed by atoms with E-state index in [1.807, 2.05) is 23.1 Å². The van der Waals surface area contributed by atoms with Crippen LogP contribution in [-0.2, 0) is 11.2 Å². The van der Waals surface area contributed by atoms with Crippen LogP contribution in [-0.4, -0.2) is 53.7 Å².